The first-order valence-corrected chi connectivity index (χ1v) is 5.58. The average Bonchev–Trinajstić information content (AvgIpc) is 2.77. The summed E-state index contributed by atoms with van der Waals surface area (Å²) in [6.45, 7) is 2.07. The molecule has 1 fully saturated rings. The van der Waals surface area contributed by atoms with Crippen LogP contribution in [0.2, 0.25) is 0 Å². The van der Waals surface area contributed by atoms with Gasteiger partial charge in [-0.2, -0.15) is 5.10 Å². The van der Waals surface area contributed by atoms with Gasteiger partial charge in [0.1, 0.15) is 11.9 Å². The molecule has 0 aliphatic carbocycles. The Bertz CT molecular complexity index is 476. The van der Waals surface area contributed by atoms with Gasteiger partial charge < -0.3 is 10.1 Å². The summed E-state index contributed by atoms with van der Waals surface area (Å²) >= 11 is 0. The fourth-order valence-corrected chi connectivity index (χ4v) is 1.99. The van der Waals surface area contributed by atoms with Crippen LogP contribution in [0.1, 0.15) is 12.8 Å². The zero-order valence-electron chi connectivity index (χ0n) is 8.94. The molecule has 3 heterocycles. The van der Waals surface area contributed by atoms with Crippen molar-refractivity contribution in [3.63, 3.8) is 0 Å². The highest BCUT2D eigenvalue weighted by molar-refractivity contribution is 5.74. The second-order valence-corrected chi connectivity index (χ2v) is 4.05. The largest absolute Gasteiger partial charge is 0.489 e. The Kier molecular flexibility index (Phi) is 2.46. The highest BCUT2D eigenvalue weighted by Gasteiger charge is 2.14. The number of rotatable bonds is 2. The van der Waals surface area contributed by atoms with Crippen LogP contribution >= 0.6 is 0 Å². The van der Waals surface area contributed by atoms with E-state index in [0.29, 0.717) is 6.10 Å². The number of pyridine rings is 1. The zero-order valence-corrected chi connectivity index (χ0v) is 8.94. The molecule has 0 spiro atoms. The highest BCUT2D eigenvalue weighted by Crippen LogP contribution is 2.19. The monoisotopic (exact) mass is 218 g/mol. The SMILES string of the molecule is c1nc2[nH]ncc2cc1OC1CCNCC1. The molecule has 0 aromatic carbocycles. The first kappa shape index (κ1) is 9.59. The third kappa shape index (κ3) is 1.86. The minimum absolute atomic E-state index is 0.312. The molecule has 0 radical (unpaired) electrons. The van der Waals surface area contributed by atoms with Crippen molar-refractivity contribution < 1.29 is 4.74 Å². The molecule has 0 bridgehead atoms. The maximum atomic E-state index is 5.89. The van der Waals surface area contributed by atoms with E-state index in [1.165, 1.54) is 0 Å². The van der Waals surface area contributed by atoms with E-state index in [2.05, 4.69) is 20.5 Å². The molecule has 0 amide bonds. The molecule has 0 saturated carbocycles. The van der Waals surface area contributed by atoms with E-state index in [9.17, 15) is 0 Å². The predicted octanol–water partition coefficient (Wildman–Crippen LogP) is 1.09. The third-order valence-corrected chi connectivity index (χ3v) is 2.86. The summed E-state index contributed by atoms with van der Waals surface area (Å²) in [4.78, 5) is 4.25. The van der Waals surface area contributed by atoms with Crippen molar-refractivity contribution in [3.05, 3.63) is 18.5 Å². The number of hydrogen-bond acceptors (Lipinski definition) is 4. The van der Waals surface area contributed by atoms with E-state index < -0.39 is 0 Å². The molecule has 1 saturated heterocycles. The summed E-state index contributed by atoms with van der Waals surface area (Å²) in [6, 6.07) is 1.98. The minimum Gasteiger partial charge on any atom is -0.489 e. The summed E-state index contributed by atoms with van der Waals surface area (Å²) in [5.41, 5.74) is 0.803. The maximum absolute atomic E-state index is 5.89. The van der Waals surface area contributed by atoms with Gasteiger partial charge in [0.05, 0.1) is 12.4 Å². The Hall–Kier alpha value is -1.62. The van der Waals surface area contributed by atoms with Gasteiger partial charge in [0, 0.05) is 5.39 Å². The first-order chi connectivity index (χ1) is 7.92. The van der Waals surface area contributed by atoms with E-state index in [-0.39, 0.29) is 0 Å². The third-order valence-electron chi connectivity index (χ3n) is 2.86. The van der Waals surface area contributed by atoms with Crippen molar-refractivity contribution in [3.8, 4) is 5.75 Å². The first-order valence-electron chi connectivity index (χ1n) is 5.58. The van der Waals surface area contributed by atoms with Crippen LogP contribution in [0.3, 0.4) is 0 Å². The molecule has 16 heavy (non-hydrogen) atoms. The smallest absolute Gasteiger partial charge is 0.155 e. The molecular formula is C11H14N4O. The van der Waals surface area contributed by atoms with Crippen molar-refractivity contribution in [2.45, 2.75) is 18.9 Å². The minimum atomic E-state index is 0.312. The second-order valence-electron chi connectivity index (χ2n) is 4.05. The molecule has 5 nitrogen and oxygen atoms in total. The summed E-state index contributed by atoms with van der Waals surface area (Å²) in [7, 11) is 0. The number of aromatic amines is 1. The lowest BCUT2D eigenvalue weighted by Gasteiger charge is -2.23. The molecule has 3 rings (SSSR count). The van der Waals surface area contributed by atoms with Crippen molar-refractivity contribution in [2.75, 3.05) is 13.1 Å². The lowest BCUT2D eigenvalue weighted by molar-refractivity contribution is 0.162. The van der Waals surface area contributed by atoms with E-state index in [0.717, 1.165) is 42.7 Å². The molecule has 0 unspecified atom stereocenters. The van der Waals surface area contributed by atoms with Crippen LogP contribution in [0.4, 0.5) is 0 Å². The fraction of sp³-hybridized carbons (Fsp3) is 0.455. The number of ether oxygens (including phenoxy) is 1. The molecule has 2 aromatic rings. The maximum Gasteiger partial charge on any atom is 0.155 e. The number of hydrogen-bond donors (Lipinski definition) is 2. The molecule has 84 valence electrons. The topological polar surface area (TPSA) is 62.8 Å². The Morgan fingerprint density at radius 2 is 2.12 bits per heavy atom. The van der Waals surface area contributed by atoms with E-state index >= 15 is 0 Å². The van der Waals surface area contributed by atoms with E-state index in [1.54, 1.807) is 12.4 Å². The van der Waals surface area contributed by atoms with Gasteiger partial charge in [-0.25, -0.2) is 4.98 Å². The number of nitrogens with one attached hydrogen (secondary N) is 2. The number of H-pyrrole nitrogens is 1. The number of piperidine rings is 1. The van der Waals surface area contributed by atoms with Crippen LogP contribution in [0.15, 0.2) is 18.5 Å². The van der Waals surface area contributed by atoms with Crippen LogP contribution in [0.5, 0.6) is 5.75 Å². The van der Waals surface area contributed by atoms with Gasteiger partial charge in [-0.05, 0) is 32.0 Å². The standard InChI is InChI=1S/C11H14N4O/c1-3-12-4-2-9(1)16-10-5-8-6-14-15-11(8)13-7-10/h5-7,9,12H,1-4H2,(H,13,14,15). The normalized spacial score (nSPS) is 17.8. The molecule has 5 heteroatoms. The van der Waals surface area contributed by atoms with Gasteiger partial charge in [0.25, 0.3) is 0 Å². The molecule has 2 N–H and O–H groups in total. The summed E-state index contributed by atoms with van der Waals surface area (Å²) in [6.07, 6.45) is 5.94. The van der Waals surface area contributed by atoms with Crippen LogP contribution in [-0.2, 0) is 0 Å². The lowest BCUT2D eigenvalue weighted by atomic mass is 10.1. The predicted molar refractivity (Wildman–Crippen MR) is 60.4 cm³/mol. The van der Waals surface area contributed by atoms with Crippen molar-refractivity contribution in [1.82, 2.24) is 20.5 Å². The Labute approximate surface area is 93.2 Å². The van der Waals surface area contributed by atoms with Crippen LogP contribution in [-0.4, -0.2) is 34.4 Å². The Morgan fingerprint density at radius 1 is 1.25 bits per heavy atom. The number of fused-ring (bicyclic) bond motifs is 1. The summed E-state index contributed by atoms with van der Waals surface area (Å²) in [5.74, 6) is 0.834. The average molecular weight is 218 g/mol. The quantitative estimate of drug-likeness (QED) is 0.792. The van der Waals surface area contributed by atoms with Gasteiger partial charge in [-0.3, -0.25) is 5.10 Å². The fourth-order valence-electron chi connectivity index (χ4n) is 1.99. The zero-order chi connectivity index (χ0) is 10.8. The van der Waals surface area contributed by atoms with Gasteiger partial charge in [-0.1, -0.05) is 0 Å². The molecule has 1 aliphatic heterocycles. The lowest BCUT2D eigenvalue weighted by Crippen LogP contribution is -2.34. The number of aromatic nitrogens is 3. The van der Waals surface area contributed by atoms with Crippen LogP contribution in [0.25, 0.3) is 11.0 Å². The molecule has 2 aromatic heterocycles. The molecule has 1 aliphatic rings. The van der Waals surface area contributed by atoms with E-state index in [4.69, 9.17) is 4.74 Å². The summed E-state index contributed by atoms with van der Waals surface area (Å²) in [5, 5.41) is 11.1. The van der Waals surface area contributed by atoms with Gasteiger partial charge in [0.15, 0.2) is 5.65 Å². The van der Waals surface area contributed by atoms with Crippen molar-refractivity contribution in [2.24, 2.45) is 0 Å². The highest BCUT2D eigenvalue weighted by atomic mass is 16.5. The summed E-state index contributed by atoms with van der Waals surface area (Å²) < 4.78 is 5.89. The van der Waals surface area contributed by atoms with Crippen LogP contribution in [0, 0.1) is 0 Å². The van der Waals surface area contributed by atoms with Crippen molar-refractivity contribution in [1.29, 1.82) is 0 Å². The molecular weight excluding hydrogens is 204 g/mol. The van der Waals surface area contributed by atoms with Crippen LogP contribution < -0.4 is 10.1 Å². The Balaban J connectivity index is 1.77. The second kappa shape index (κ2) is 4.09. The molecule has 0 atom stereocenters. The van der Waals surface area contributed by atoms with Crippen molar-refractivity contribution >= 4 is 11.0 Å². The van der Waals surface area contributed by atoms with E-state index in [1.807, 2.05) is 6.07 Å². The Morgan fingerprint density at radius 3 is 3.00 bits per heavy atom. The van der Waals surface area contributed by atoms with Gasteiger partial charge >= 0.3 is 0 Å². The van der Waals surface area contributed by atoms with Gasteiger partial charge in [-0.15, -0.1) is 0 Å². The van der Waals surface area contributed by atoms with Gasteiger partial charge in [0.2, 0.25) is 0 Å². The number of nitrogens with zero attached hydrogens (tertiary/aromatic N) is 2.